The Labute approximate surface area is 108 Å². The monoisotopic (exact) mass is 248 g/mol. The molecule has 0 bridgehead atoms. The molecular weight excluding hydrogens is 228 g/mol. The Hall–Kier alpha value is -1.39. The predicted octanol–water partition coefficient (Wildman–Crippen LogP) is 1.06. The molecule has 2 atom stereocenters. The standard InChI is InChI=1S/C14H20N2O2/c1-14(13(15)17,12-7-8-18-10-12)16-9-11-5-3-2-4-6-11/h2-6,12,16H,7-10H2,1H3,(H2,15,17). The van der Waals surface area contributed by atoms with Crippen molar-refractivity contribution in [2.75, 3.05) is 13.2 Å². The first-order valence-electron chi connectivity index (χ1n) is 6.29. The van der Waals surface area contributed by atoms with Crippen molar-refractivity contribution in [3.05, 3.63) is 35.9 Å². The molecule has 0 radical (unpaired) electrons. The van der Waals surface area contributed by atoms with Crippen LogP contribution in [0, 0.1) is 5.92 Å². The molecule has 1 aromatic rings. The topological polar surface area (TPSA) is 64.3 Å². The lowest BCUT2D eigenvalue weighted by Gasteiger charge is -2.32. The largest absolute Gasteiger partial charge is 0.381 e. The molecule has 0 aromatic heterocycles. The van der Waals surface area contributed by atoms with Crippen molar-refractivity contribution >= 4 is 5.91 Å². The zero-order chi connectivity index (χ0) is 13.0. The number of carbonyl (C=O) groups is 1. The fourth-order valence-corrected chi connectivity index (χ4v) is 2.30. The molecule has 18 heavy (non-hydrogen) atoms. The minimum atomic E-state index is -0.702. The van der Waals surface area contributed by atoms with E-state index >= 15 is 0 Å². The van der Waals surface area contributed by atoms with Gasteiger partial charge in [0.15, 0.2) is 0 Å². The lowest BCUT2D eigenvalue weighted by atomic mass is 9.84. The van der Waals surface area contributed by atoms with E-state index in [4.69, 9.17) is 10.5 Å². The molecule has 0 aliphatic carbocycles. The number of nitrogens with one attached hydrogen (secondary N) is 1. The molecule has 1 aliphatic heterocycles. The first-order chi connectivity index (χ1) is 8.63. The van der Waals surface area contributed by atoms with Crippen molar-refractivity contribution in [1.82, 2.24) is 5.32 Å². The molecule has 4 nitrogen and oxygen atoms in total. The van der Waals surface area contributed by atoms with Gasteiger partial charge in [-0.15, -0.1) is 0 Å². The van der Waals surface area contributed by atoms with Crippen LogP contribution in [0.4, 0.5) is 0 Å². The van der Waals surface area contributed by atoms with Gasteiger partial charge in [-0.3, -0.25) is 10.1 Å². The number of rotatable bonds is 5. The second-order valence-corrected chi connectivity index (χ2v) is 4.97. The average molecular weight is 248 g/mol. The maximum absolute atomic E-state index is 11.7. The zero-order valence-corrected chi connectivity index (χ0v) is 10.7. The van der Waals surface area contributed by atoms with Crippen LogP contribution in [0.15, 0.2) is 30.3 Å². The van der Waals surface area contributed by atoms with Gasteiger partial charge >= 0.3 is 0 Å². The molecule has 2 rings (SSSR count). The van der Waals surface area contributed by atoms with E-state index in [0.29, 0.717) is 19.8 Å². The smallest absolute Gasteiger partial charge is 0.237 e. The third-order valence-corrected chi connectivity index (χ3v) is 3.76. The highest BCUT2D eigenvalue weighted by Gasteiger charge is 2.41. The SMILES string of the molecule is CC(NCc1ccccc1)(C(N)=O)C1CCOC1. The first-order valence-corrected chi connectivity index (χ1v) is 6.29. The van der Waals surface area contributed by atoms with Gasteiger partial charge in [-0.1, -0.05) is 30.3 Å². The highest BCUT2D eigenvalue weighted by atomic mass is 16.5. The van der Waals surface area contributed by atoms with Gasteiger partial charge in [0.1, 0.15) is 5.54 Å². The Morgan fingerprint density at radius 1 is 1.50 bits per heavy atom. The molecular formula is C14H20N2O2. The number of hydrogen-bond donors (Lipinski definition) is 2. The summed E-state index contributed by atoms with van der Waals surface area (Å²) in [4.78, 5) is 11.7. The van der Waals surface area contributed by atoms with E-state index in [1.807, 2.05) is 37.3 Å². The summed E-state index contributed by atoms with van der Waals surface area (Å²) >= 11 is 0. The minimum Gasteiger partial charge on any atom is -0.381 e. The lowest BCUT2D eigenvalue weighted by molar-refractivity contribution is -0.126. The summed E-state index contributed by atoms with van der Waals surface area (Å²) in [5.74, 6) is -0.160. The molecule has 1 fully saturated rings. The molecule has 1 saturated heterocycles. The summed E-state index contributed by atoms with van der Waals surface area (Å²) in [5.41, 5.74) is 6.00. The van der Waals surface area contributed by atoms with Gasteiger partial charge in [0.2, 0.25) is 5.91 Å². The van der Waals surface area contributed by atoms with E-state index in [1.54, 1.807) is 0 Å². The van der Waals surface area contributed by atoms with Crippen LogP contribution in [-0.4, -0.2) is 24.7 Å². The molecule has 1 aliphatic rings. The van der Waals surface area contributed by atoms with E-state index in [2.05, 4.69) is 5.32 Å². The van der Waals surface area contributed by atoms with E-state index in [0.717, 1.165) is 12.0 Å². The van der Waals surface area contributed by atoms with Crippen LogP contribution in [0.2, 0.25) is 0 Å². The quantitative estimate of drug-likeness (QED) is 0.819. The highest BCUT2D eigenvalue weighted by molar-refractivity contribution is 5.84. The van der Waals surface area contributed by atoms with Crippen LogP contribution in [0.25, 0.3) is 0 Å². The van der Waals surface area contributed by atoms with Crippen LogP contribution in [0.5, 0.6) is 0 Å². The van der Waals surface area contributed by atoms with Gasteiger partial charge < -0.3 is 10.5 Å². The van der Waals surface area contributed by atoms with Gasteiger partial charge in [-0.2, -0.15) is 0 Å². The summed E-state index contributed by atoms with van der Waals surface area (Å²) in [5, 5.41) is 3.30. The summed E-state index contributed by atoms with van der Waals surface area (Å²) in [6.07, 6.45) is 0.876. The Balaban J connectivity index is 2.04. The summed E-state index contributed by atoms with van der Waals surface area (Å²) in [7, 11) is 0. The van der Waals surface area contributed by atoms with Gasteiger partial charge in [0.05, 0.1) is 6.61 Å². The maximum atomic E-state index is 11.7. The fraction of sp³-hybridized carbons (Fsp3) is 0.500. The number of carbonyl (C=O) groups excluding carboxylic acids is 1. The van der Waals surface area contributed by atoms with Crippen molar-refractivity contribution in [3.63, 3.8) is 0 Å². The van der Waals surface area contributed by atoms with Crippen LogP contribution in [0.1, 0.15) is 18.9 Å². The molecule has 98 valence electrons. The third kappa shape index (κ3) is 2.71. The van der Waals surface area contributed by atoms with Crippen LogP contribution in [-0.2, 0) is 16.1 Å². The highest BCUT2D eigenvalue weighted by Crippen LogP contribution is 2.26. The summed E-state index contributed by atoms with van der Waals surface area (Å²) in [6.45, 7) is 3.82. The second-order valence-electron chi connectivity index (χ2n) is 4.97. The Morgan fingerprint density at radius 2 is 2.22 bits per heavy atom. The number of benzene rings is 1. The molecule has 2 unspecified atom stereocenters. The molecule has 1 aromatic carbocycles. The predicted molar refractivity (Wildman–Crippen MR) is 69.8 cm³/mol. The Bertz CT molecular complexity index is 402. The number of primary amides is 1. The van der Waals surface area contributed by atoms with E-state index < -0.39 is 5.54 Å². The molecule has 0 saturated carbocycles. The zero-order valence-electron chi connectivity index (χ0n) is 10.7. The molecule has 4 heteroatoms. The van der Waals surface area contributed by atoms with Gasteiger partial charge in [-0.25, -0.2) is 0 Å². The minimum absolute atomic E-state index is 0.152. The van der Waals surface area contributed by atoms with Crippen LogP contribution >= 0.6 is 0 Å². The fourth-order valence-electron chi connectivity index (χ4n) is 2.30. The van der Waals surface area contributed by atoms with E-state index in [9.17, 15) is 4.79 Å². The number of ether oxygens (including phenoxy) is 1. The third-order valence-electron chi connectivity index (χ3n) is 3.76. The van der Waals surface area contributed by atoms with Crippen LogP contribution in [0.3, 0.4) is 0 Å². The van der Waals surface area contributed by atoms with Crippen molar-refractivity contribution in [2.24, 2.45) is 11.7 Å². The molecule has 0 spiro atoms. The number of nitrogens with two attached hydrogens (primary N) is 1. The number of amides is 1. The average Bonchev–Trinajstić information content (AvgIpc) is 2.91. The maximum Gasteiger partial charge on any atom is 0.237 e. The van der Waals surface area contributed by atoms with Crippen molar-refractivity contribution < 1.29 is 9.53 Å². The first kappa shape index (κ1) is 13.1. The van der Waals surface area contributed by atoms with Gasteiger partial charge in [-0.05, 0) is 18.9 Å². The molecule has 1 heterocycles. The summed E-state index contributed by atoms with van der Waals surface area (Å²) in [6, 6.07) is 10.00. The lowest BCUT2D eigenvalue weighted by Crippen LogP contribution is -2.58. The second kappa shape index (κ2) is 5.50. The Kier molecular flexibility index (Phi) is 3.99. The normalized spacial score (nSPS) is 22.6. The van der Waals surface area contributed by atoms with Gasteiger partial charge in [0, 0.05) is 19.1 Å². The van der Waals surface area contributed by atoms with E-state index in [-0.39, 0.29) is 11.8 Å². The number of hydrogen-bond acceptors (Lipinski definition) is 3. The Morgan fingerprint density at radius 3 is 2.78 bits per heavy atom. The molecule has 1 amide bonds. The molecule has 3 N–H and O–H groups in total. The summed E-state index contributed by atoms with van der Waals surface area (Å²) < 4.78 is 5.36. The van der Waals surface area contributed by atoms with Gasteiger partial charge in [0.25, 0.3) is 0 Å². The van der Waals surface area contributed by atoms with Crippen molar-refractivity contribution in [2.45, 2.75) is 25.4 Å². The van der Waals surface area contributed by atoms with E-state index in [1.165, 1.54) is 0 Å². The van der Waals surface area contributed by atoms with Crippen LogP contribution < -0.4 is 11.1 Å². The van der Waals surface area contributed by atoms with Crippen molar-refractivity contribution in [3.8, 4) is 0 Å². The van der Waals surface area contributed by atoms with Crippen molar-refractivity contribution in [1.29, 1.82) is 0 Å².